The molecule has 5 heteroatoms. The minimum atomic E-state index is 0.679. The molecule has 0 spiro atoms. The highest BCUT2D eigenvalue weighted by Crippen LogP contribution is 2.42. The van der Waals surface area contributed by atoms with E-state index in [2.05, 4.69) is 158 Å². The van der Waals surface area contributed by atoms with Crippen molar-refractivity contribution in [3.8, 4) is 33.9 Å². The van der Waals surface area contributed by atoms with E-state index in [1.807, 2.05) is 13.8 Å². The van der Waals surface area contributed by atoms with Gasteiger partial charge >= 0.3 is 0 Å². The van der Waals surface area contributed by atoms with Gasteiger partial charge < -0.3 is 9.13 Å². The van der Waals surface area contributed by atoms with Crippen LogP contribution >= 0.6 is 0 Å². The average Bonchev–Trinajstić information content (AvgIpc) is 3.58. The van der Waals surface area contributed by atoms with Crippen LogP contribution in [0.3, 0.4) is 0 Å². The number of hydrogen-bond acceptors (Lipinski definition) is 3. The van der Waals surface area contributed by atoms with E-state index in [4.69, 9.17) is 9.97 Å². The highest BCUT2D eigenvalue weighted by molar-refractivity contribution is 6.12. The monoisotopic (exact) mass is 661 g/mol. The Balaban J connectivity index is 1.42. The first-order valence-electron chi connectivity index (χ1n) is 17.6. The van der Waals surface area contributed by atoms with Gasteiger partial charge in [0.15, 0.2) is 5.82 Å². The van der Waals surface area contributed by atoms with Crippen molar-refractivity contribution >= 4 is 43.6 Å². The average molecular weight is 662 g/mol. The van der Waals surface area contributed by atoms with Gasteiger partial charge in [0.05, 0.1) is 33.4 Å². The molecule has 9 rings (SSSR count). The molecule has 0 saturated heterocycles. The predicted octanol–water partition coefficient (Wildman–Crippen LogP) is 11.6. The van der Waals surface area contributed by atoms with Crippen LogP contribution in [-0.2, 0) is 0 Å². The van der Waals surface area contributed by atoms with Gasteiger partial charge in [0, 0.05) is 38.2 Å². The standard InChI is InChI=1S/C46H39N5/c1-26-8-14-40-34(20-26)35-21-27(2)9-15-41(35)50(40)44-18-12-30(5)24-38(44)39-25-33(46-48-31(6)47-32(7)49-46)13-19-45(39)51-42-16-10-28(3)22-36(42)37-23-29(4)11-17-43(37)51/h8-25H,1-7H3. The Hall–Kier alpha value is -6.07. The third-order valence-electron chi connectivity index (χ3n) is 10.2. The molecule has 248 valence electrons. The Bertz CT molecular complexity index is 2750. The fourth-order valence-corrected chi connectivity index (χ4v) is 7.91. The fraction of sp³-hybridized carbons (Fsp3) is 0.152. The van der Waals surface area contributed by atoms with E-state index >= 15 is 0 Å². The van der Waals surface area contributed by atoms with Crippen LogP contribution in [-0.4, -0.2) is 24.1 Å². The molecule has 0 atom stereocenters. The number of hydrogen-bond donors (Lipinski definition) is 0. The third kappa shape index (κ3) is 5.03. The van der Waals surface area contributed by atoms with Crippen LogP contribution in [0.4, 0.5) is 0 Å². The van der Waals surface area contributed by atoms with Crippen LogP contribution < -0.4 is 0 Å². The molecule has 0 bridgehead atoms. The van der Waals surface area contributed by atoms with Crippen LogP contribution in [0.2, 0.25) is 0 Å². The van der Waals surface area contributed by atoms with Crippen LogP contribution in [0.1, 0.15) is 39.5 Å². The molecule has 0 unspecified atom stereocenters. The topological polar surface area (TPSA) is 48.5 Å². The number of benzene rings is 6. The second-order valence-corrected chi connectivity index (χ2v) is 14.3. The molecule has 0 fully saturated rings. The first-order valence-corrected chi connectivity index (χ1v) is 17.6. The number of rotatable bonds is 4. The van der Waals surface area contributed by atoms with Gasteiger partial charge in [0.2, 0.25) is 0 Å². The molecule has 5 nitrogen and oxygen atoms in total. The minimum Gasteiger partial charge on any atom is -0.309 e. The molecule has 3 aromatic heterocycles. The summed E-state index contributed by atoms with van der Waals surface area (Å²) in [5.41, 5.74) is 16.4. The van der Waals surface area contributed by atoms with Crippen molar-refractivity contribution in [2.75, 3.05) is 0 Å². The van der Waals surface area contributed by atoms with Crippen molar-refractivity contribution in [3.63, 3.8) is 0 Å². The second-order valence-electron chi connectivity index (χ2n) is 14.3. The summed E-state index contributed by atoms with van der Waals surface area (Å²) in [6.07, 6.45) is 0. The van der Waals surface area contributed by atoms with E-state index in [1.54, 1.807) is 0 Å². The van der Waals surface area contributed by atoms with E-state index in [0.717, 1.165) is 28.1 Å². The largest absolute Gasteiger partial charge is 0.309 e. The lowest BCUT2D eigenvalue weighted by atomic mass is 9.96. The zero-order valence-electron chi connectivity index (χ0n) is 30.1. The van der Waals surface area contributed by atoms with E-state index in [1.165, 1.54) is 71.4 Å². The van der Waals surface area contributed by atoms with Crippen molar-refractivity contribution in [1.82, 2.24) is 24.1 Å². The van der Waals surface area contributed by atoms with Gasteiger partial charge in [-0.1, -0.05) is 58.1 Å². The highest BCUT2D eigenvalue weighted by atomic mass is 15.0. The maximum atomic E-state index is 4.80. The molecule has 0 saturated carbocycles. The van der Waals surface area contributed by atoms with Gasteiger partial charge in [-0.05, 0) is 127 Å². The normalized spacial score (nSPS) is 11.8. The zero-order chi connectivity index (χ0) is 35.1. The lowest BCUT2D eigenvalue weighted by Crippen LogP contribution is -2.04. The molecular weight excluding hydrogens is 623 g/mol. The molecule has 6 aromatic carbocycles. The van der Waals surface area contributed by atoms with E-state index in [9.17, 15) is 0 Å². The third-order valence-corrected chi connectivity index (χ3v) is 10.2. The van der Waals surface area contributed by atoms with Crippen molar-refractivity contribution in [2.24, 2.45) is 0 Å². The smallest absolute Gasteiger partial charge is 0.163 e. The SMILES string of the molecule is Cc1ccc(-n2c3ccc(C)cc3c3cc(C)ccc32)c(-c2cc(-c3nc(C)nc(C)n3)ccc2-n2c3ccc(C)cc3c3cc(C)ccc32)c1. The van der Waals surface area contributed by atoms with Crippen LogP contribution in [0.25, 0.3) is 77.5 Å². The van der Waals surface area contributed by atoms with Gasteiger partial charge in [0.1, 0.15) is 11.6 Å². The first-order chi connectivity index (χ1) is 24.6. The second kappa shape index (κ2) is 11.5. The van der Waals surface area contributed by atoms with Crippen molar-refractivity contribution in [3.05, 3.63) is 149 Å². The molecular formula is C46H39N5. The summed E-state index contributed by atoms with van der Waals surface area (Å²) in [5, 5.41) is 5.03. The quantitative estimate of drug-likeness (QED) is 0.189. The maximum absolute atomic E-state index is 4.80. The van der Waals surface area contributed by atoms with Gasteiger partial charge in [-0.2, -0.15) is 0 Å². The molecule has 0 radical (unpaired) electrons. The van der Waals surface area contributed by atoms with E-state index < -0.39 is 0 Å². The van der Waals surface area contributed by atoms with E-state index in [0.29, 0.717) is 17.5 Å². The van der Waals surface area contributed by atoms with Crippen molar-refractivity contribution < 1.29 is 0 Å². The van der Waals surface area contributed by atoms with Gasteiger partial charge in [0.25, 0.3) is 0 Å². The molecule has 3 heterocycles. The lowest BCUT2D eigenvalue weighted by Gasteiger charge is -2.20. The summed E-state index contributed by atoms with van der Waals surface area (Å²) in [6, 6.07) is 40.8. The molecule has 0 amide bonds. The minimum absolute atomic E-state index is 0.679. The molecule has 0 aliphatic heterocycles. The molecule has 0 N–H and O–H groups in total. The van der Waals surface area contributed by atoms with Gasteiger partial charge in [-0.15, -0.1) is 0 Å². The number of fused-ring (bicyclic) bond motifs is 6. The highest BCUT2D eigenvalue weighted by Gasteiger charge is 2.22. The maximum Gasteiger partial charge on any atom is 0.163 e. The van der Waals surface area contributed by atoms with Crippen LogP contribution in [0.15, 0.2) is 109 Å². The molecule has 51 heavy (non-hydrogen) atoms. The Morgan fingerprint density at radius 1 is 0.353 bits per heavy atom. The van der Waals surface area contributed by atoms with E-state index in [-0.39, 0.29) is 0 Å². The number of aromatic nitrogens is 5. The van der Waals surface area contributed by atoms with Gasteiger partial charge in [-0.3, -0.25) is 0 Å². The zero-order valence-corrected chi connectivity index (χ0v) is 30.1. The van der Waals surface area contributed by atoms with Gasteiger partial charge in [-0.25, -0.2) is 15.0 Å². The summed E-state index contributed by atoms with van der Waals surface area (Å²) in [4.78, 5) is 14.1. The Morgan fingerprint density at radius 3 is 1.14 bits per heavy atom. The Morgan fingerprint density at radius 2 is 0.706 bits per heavy atom. The molecule has 0 aliphatic carbocycles. The van der Waals surface area contributed by atoms with Crippen LogP contribution in [0.5, 0.6) is 0 Å². The summed E-state index contributed by atoms with van der Waals surface area (Å²) >= 11 is 0. The van der Waals surface area contributed by atoms with Crippen molar-refractivity contribution in [2.45, 2.75) is 48.5 Å². The number of nitrogens with zero attached hydrogens (tertiary/aromatic N) is 5. The summed E-state index contributed by atoms with van der Waals surface area (Å²) in [6.45, 7) is 14.7. The molecule has 0 aliphatic rings. The summed E-state index contributed by atoms with van der Waals surface area (Å²) in [7, 11) is 0. The number of aryl methyl sites for hydroxylation is 7. The summed E-state index contributed by atoms with van der Waals surface area (Å²) in [5.74, 6) is 2.10. The predicted molar refractivity (Wildman–Crippen MR) is 213 cm³/mol. The fourth-order valence-electron chi connectivity index (χ4n) is 7.91. The lowest BCUT2D eigenvalue weighted by molar-refractivity contribution is 0.928. The van der Waals surface area contributed by atoms with Crippen molar-refractivity contribution in [1.29, 1.82) is 0 Å². The molecule has 9 aromatic rings. The first kappa shape index (κ1) is 30.9. The summed E-state index contributed by atoms with van der Waals surface area (Å²) < 4.78 is 4.89. The Labute approximate surface area is 297 Å². The Kier molecular flexibility index (Phi) is 6.97. The van der Waals surface area contributed by atoms with Crippen LogP contribution in [0, 0.1) is 48.5 Å².